The molecule has 106 valence electrons. The Morgan fingerprint density at radius 2 is 2.05 bits per heavy atom. The van der Waals surface area contributed by atoms with Gasteiger partial charge < -0.3 is 15.5 Å². The number of fused-ring (bicyclic) bond motifs is 1. The lowest BCUT2D eigenvalue weighted by atomic mass is 10.2. The molecule has 3 rings (SSSR count). The summed E-state index contributed by atoms with van der Waals surface area (Å²) in [6.07, 6.45) is 0. The second-order valence-electron chi connectivity index (χ2n) is 4.45. The summed E-state index contributed by atoms with van der Waals surface area (Å²) in [5.41, 5.74) is 8.13. The van der Waals surface area contributed by atoms with E-state index in [1.165, 1.54) is 0 Å². The van der Waals surface area contributed by atoms with Crippen molar-refractivity contribution in [1.29, 1.82) is 0 Å². The molecule has 0 radical (unpaired) electrons. The number of aromatic nitrogens is 1. The van der Waals surface area contributed by atoms with E-state index in [2.05, 4.69) is 26.2 Å². The van der Waals surface area contributed by atoms with Crippen molar-refractivity contribution in [2.24, 2.45) is 0 Å². The molecule has 6 nitrogen and oxygen atoms in total. The van der Waals surface area contributed by atoms with Crippen LogP contribution in [0.1, 0.15) is 10.4 Å². The highest BCUT2D eigenvalue weighted by atomic mass is 79.9. The Kier molecular flexibility index (Phi) is 3.26. The van der Waals surface area contributed by atoms with Crippen molar-refractivity contribution in [3.63, 3.8) is 0 Å². The molecule has 3 aromatic rings. The van der Waals surface area contributed by atoms with E-state index in [1.807, 2.05) is 0 Å². The summed E-state index contributed by atoms with van der Waals surface area (Å²) in [5.74, 6) is -0.832. The Morgan fingerprint density at radius 1 is 1.24 bits per heavy atom. The van der Waals surface area contributed by atoms with Gasteiger partial charge in [0.25, 0.3) is 5.91 Å². The molecule has 0 atom stereocenters. The number of hydrogen-bond donors (Lipinski definition) is 3. The van der Waals surface area contributed by atoms with Crippen LogP contribution in [0.5, 0.6) is 0 Å². The molecule has 1 heterocycles. The SMILES string of the molecule is Nc1cc(Br)cc(C(=O)Nc2ccc3oc(=O)[nH]c3c2)c1. The van der Waals surface area contributed by atoms with Crippen LogP contribution in [-0.2, 0) is 0 Å². The fourth-order valence-electron chi connectivity index (χ4n) is 1.98. The lowest BCUT2D eigenvalue weighted by Gasteiger charge is -2.06. The molecule has 0 fully saturated rings. The van der Waals surface area contributed by atoms with Crippen LogP contribution in [0.3, 0.4) is 0 Å². The molecule has 4 N–H and O–H groups in total. The number of H-pyrrole nitrogens is 1. The number of aromatic amines is 1. The van der Waals surface area contributed by atoms with Gasteiger partial charge in [-0.05, 0) is 36.4 Å². The molecule has 0 unspecified atom stereocenters. The number of benzene rings is 2. The minimum Gasteiger partial charge on any atom is -0.408 e. The third kappa shape index (κ3) is 2.82. The lowest BCUT2D eigenvalue weighted by molar-refractivity contribution is 0.102. The number of halogens is 1. The van der Waals surface area contributed by atoms with Crippen molar-refractivity contribution < 1.29 is 9.21 Å². The predicted octanol–water partition coefficient (Wildman–Crippen LogP) is 2.72. The quantitative estimate of drug-likeness (QED) is 0.620. The van der Waals surface area contributed by atoms with Gasteiger partial charge in [-0.3, -0.25) is 9.78 Å². The second-order valence-corrected chi connectivity index (χ2v) is 5.37. The molecule has 0 aliphatic heterocycles. The summed E-state index contributed by atoms with van der Waals surface area (Å²) in [6, 6.07) is 9.84. The van der Waals surface area contributed by atoms with Crippen LogP contribution in [0, 0.1) is 0 Å². The molecule has 21 heavy (non-hydrogen) atoms. The second kappa shape index (κ2) is 5.10. The number of nitrogens with two attached hydrogens (primary N) is 1. The zero-order chi connectivity index (χ0) is 15.0. The van der Waals surface area contributed by atoms with E-state index in [1.54, 1.807) is 36.4 Å². The van der Waals surface area contributed by atoms with Crippen molar-refractivity contribution in [3.05, 3.63) is 57.0 Å². The molecule has 0 aliphatic carbocycles. The Bertz CT molecular complexity index is 878. The number of rotatable bonds is 2. The van der Waals surface area contributed by atoms with Crippen molar-refractivity contribution in [3.8, 4) is 0 Å². The highest BCUT2D eigenvalue weighted by molar-refractivity contribution is 9.10. The largest absolute Gasteiger partial charge is 0.417 e. The molecular formula is C14H10BrN3O3. The normalized spacial score (nSPS) is 10.7. The maximum absolute atomic E-state index is 12.2. The Labute approximate surface area is 127 Å². The monoisotopic (exact) mass is 347 g/mol. The number of carbonyl (C=O) groups is 1. The summed E-state index contributed by atoms with van der Waals surface area (Å²) in [5, 5.41) is 2.74. The van der Waals surface area contributed by atoms with Crippen molar-refractivity contribution in [1.82, 2.24) is 4.98 Å². The van der Waals surface area contributed by atoms with Gasteiger partial charge in [-0.15, -0.1) is 0 Å². The highest BCUT2D eigenvalue weighted by Gasteiger charge is 2.09. The van der Waals surface area contributed by atoms with Gasteiger partial charge >= 0.3 is 5.76 Å². The first-order valence-corrected chi connectivity index (χ1v) is 6.81. The van der Waals surface area contributed by atoms with Crippen LogP contribution in [0.2, 0.25) is 0 Å². The fourth-order valence-corrected chi connectivity index (χ4v) is 2.49. The standard InChI is InChI=1S/C14H10BrN3O3/c15-8-3-7(4-9(16)5-8)13(19)17-10-1-2-12-11(6-10)18-14(20)21-12/h1-6H,16H2,(H,17,19)(H,18,20). The number of nitrogens with one attached hydrogen (secondary N) is 2. The van der Waals surface area contributed by atoms with Gasteiger partial charge in [-0.2, -0.15) is 0 Å². The minimum atomic E-state index is -0.534. The maximum Gasteiger partial charge on any atom is 0.417 e. The topological polar surface area (TPSA) is 101 Å². The van der Waals surface area contributed by atoms with E-state index in [0.717, 1.165) is 4.47 Å². The van der Waals surface area contributed by atoms with Crippen LogP contribution in [0.15, 0.2) is 50.1 Å². The number of oxazole rings is 1. The summed E-state index contributed by atoms with van der Waals surface area (Å²) >= 11 is 3.29. The fraction of sp³-hybridized carbons (Fsp3) is 0. The number of nitrogen functional groups attached to an aromatic ring is 1. The highest BCUT2D eigenvalue weighted by Crippen LogP contribution is 2.20. The zero-order valence-corrected chi connectivity index (χ0v) is 12.2. The molecule has 1 aromatic heterocycles. The van der Waals surface area contributed by atoms with Gasteiger partial charge in [-0.25, -0.2) is 4.79 Å². The summed E-state index contributed by atoms with van der Waals surface area (Å²) in [6.45, 7) is 0. The molecule has 0 aliphatic rings. The van der Waals surface area contributed by atoms with Crippen molar-refractivity contribution in [2.45, 2.75) is 0 Å². The van der Waals surface area contributed by atoms with Crippen molar-refractivity contribution >= 4 is 44.3 Å². The van der Waals surface area contributed by atoms with Gasteiger partial charge in [0.1, 0.15) is 0 Å². The van der Waals surface area contributed by atoms with E-state index >= 15 is 0 Å². The minimum absolute atomic E-state index is 0.298. The van der Waals surface area contributed by atoms with E-state index < -0.39 is 5.76 Å². The van der Waals surface area contributed by atoms with E-state index in [4.69, 9.17) is 10.2 Å². The summed E-state index contributed by atoms with van der Waals surface area (Å²) < 4.78 is 5.62. The summed E-state index contributed by atoms with van der Waals surface area (Å²) in [4.78, 5) is 25.8. The molecule has 0 saturated carbocycles. The first-order valence-electron chi connectivity index (χ1n) is 6.01. The Morgan fingerprint density at radius 3 is 2.81 bits per heavy atom. The molecule has 1 amide bonds. The van der Waals surface area contributed by atoms with Crippen LogP contribution >= 0.6 is 15.9 Å². The van der Waals surface area contributed by atoms with Crippen LogP contribution in [0.4, 0.5) is 11.4 Å². The number of hydrogen-bond acceptors (Lipinski definition) is 4. The molecule has 0 bridgehead atoms. The average molecular weight is 348 g/mol. The van der Waals surface area contributed by atoms with Gasteiger partial charge in [0.05, 0.1) is 5.52 Å². The number of amides is 1. The summed E-state index contributed by atoms with van der Waals surface area (Å²) in [7, 11) is 0. The average Bonchev–Trinajstić information content (AvgIpc) is 2.77. The molecule has 0 saturated heterocycles. The van der Waals surface area contributed by atoms with Crippen LogP contribution in [0.25, 0.3) is 11.1 Å². The van der Waals surface area contributed by atoms with Gasteiger partial charge in [-0.1, -0.05) is 15.9 Å². The smallest absolute Gasteiger partial charge is 0.408 e. The Hall–Kier alpha value is -2.54. The van der Waals surface area contributed by atoms with E-state index in [-0.39, 0.29) is 5.91 Å². The first kappa shape index (κ1) is 13.4. The lowest BCUT2D eigenvalue weighted by Crippen LogP contribution is -2.12. The number of anilines is 2. The van der Waals surface area contributed by atoms with Crippen molar-refractivity contribution in [2.75, 3.05) is 11.1 Å². The third-order valence-electron chi connectivity index (χ3n) is 2.86. The third-order valence-corrected chi connectivity index (χ3v) is 3.32. The van der Waals surface area contributed by atoms with E-state index in [9.17, 15) is 9.59 Å². The van der Waals surface area contributed by atoms with Gasteiger partial charge in [0.2, 0.25) is 0 Å². The molecule has 7 heteroatoms. The van der Waals surface area contributed by atoms with Crippen LogP contribution < -0.4 is 16.8 Å². The van der Waals surface area contributed by atoms with E-state index in [0.29, 0.717) is 28.0 Å². The maximum atomic E-state index is 12.2. The molecule has 0 spiro atoms. The Balaban J connectivity index is 1.90. The van der Waals surface area contributed by atoms with Gasteiger partial charge in [0.15, 0.2) is 5.58 Å². The van der Waals surface area contributed by atoms with Crippen LogP contribution in [-0.4, -0.2) is 10.9 Å². The molecule has 2 aromatic carbocycles. The molecular weight excluding hydrogens is 338 g/mol. The van der Waals surface area contributed by atoms with Gasteiger partial charge in [0, 0.05) is 21.4 Å². The number of carbonyl (C=O) groups excluding carboxylic acids is 1. The predicted molar refractivity (Wildman–Crippen MR) is 83.3 cm³/mol. The first-order chi connectivity index (χ1) is 10.0. The zero-order valence-electron chi connectivity index (χ0n) is 10.6.